The van der Waals surface area contributed by atoms with E-state index < -0.39 is 0 Å². The van der Waals surface area contributed by atoms with E-state index in [1.165, 1.54) is 0 Å². The first kappa shape index (κ1) is 10.3. The Hall–Kier alpha value is -1.20. The molecule has 1 saturated heterocycles. The van der Waals surface area contributed by atoms with E-state index in [9.17, 15) is 0 Å². The molecule has 1 unspecified atom stereocenters. The van der Waals surface area contributed by atoms with Gasteiger partial charge in [0.1, 0.15) is 0 Å². The number of rotatable bonds is 2. The van der Waals surface area contributed by atoms with Crippen molar-refractivity contribution in [2.45, 2.75) is 19.6 Å². The van der Waals surface area contributed by atoms with Gasteiger partial charge in [0.15, 0.2) is 5.82 Å². The summed E-state index contributed by atoms with van der Waals surface area (Å²) in [6, 6.07) is 0. The van der Waals surface area contributed by atoms with E-state index >= 15 is 0 Å². The summed E-state index contributed by atoms with van der Waals surface area (Å²) in [7, 11) is 0. The number of ether oxygens (including phenoxy) is 1. The number of hydrogen-bond acceptors (Lipinski definition) is 5. The van der Waals surface area contributed by atoms with Gasteiger partial charge in [-0.2, -0.15) is 0 Å². The van der Waals surface area contributed by atoms with Crippen molar-refractivity contribution in [1.29, 1.82) is 0 Å². The van der Waals surface area contributed by atoms with Gasteiger partial charge in [-0.25, -0.2) is 4.98 Å². The van der Waals surface area contributed by atoms with Gasteiger partial charge >= 0.3 is 0 Å². The molecule has 0 saturated carbocycles. The highest BCUT2D eigenvalue weighted by Crippen LogP contribution is 2.17. The standard InChI is InChI=1S/C10H16N4O/c1-8-7-14(4-5-15-8)10-9(6-11)12-2-3-13-10/h2-3,8H,4-7,11H2,1H3. The minimum atomic E-state index is 0.242. The van der Waals surface area contributed by atoms with Crippen LogP contribution in [0.5, 0.6) is 0 Å². The Bertz CT molecular complexity index is 331. The lowest BCUT2D eigenvalue weighted by Gasteiger charge is -2.32. The molecule has 0 radical (unpaired) electrons. The molecule has 2 heterocycles. The maximum Gasteiger partial charge on any atom is 0.151 e. The average Bonchev–Trinajstić information content (AvgIpc) is 2.29. The molecule has 1 aromatic heterocycles. The molecule has 2 N–H and O–H groups in total. The zero-order valence-corrected chi connectivity index (χ0v) is 8.89. The van der Waals surface area contributed by atoms with Gasteiger partial charge in [-0.15, -0.1) is 0 Å². The van der Waals surface area contributed by atoms with Crippen molar-refractivity contribution in [3.05, 3.63) is 18.1 Å². The Labute approximate surface area is 89.3 Å². The fourth-order valence-corrected chi connectivity index (χ4v) is 1.78. The van der Waals surface area contributed by atoms with Crippen molar-refractivity contribution in [1.82, 2.24) is 9.97 Å². The van der Waals surface area contributed by atoms with E-state index in [-0.39, 0.29) is 6.10 Å². The minimum absolute atomic E-state index is 0.242. The minimum Gasteiger partial charge on any atom is -0.375 e. The smallest absolute Gasteiger partial charge is 0.151 e. The molecule has 5 nitrogen and oxygen atoms in total. The molecule has 0 aliphatic carbocycles. The van der Waals surface area contributed by atoms with Crippen molar-refractivity contribution in [3.63, 3.8) is 0 Å². The van der Waals surface area contributed by atoms with E-state index in [1.54, 1.807) is 12.4 Å². The van der Waals surface area contributed by atoms with Gasteiger partial charge in [0.25, 0.3) is 0 Å². The second kappa shape index (κ2) is 4.55. The second-order valence-corrected chi connectivity index (χ2v) is 3.66. The molecule has 5 heteroatoms. The molecule has 1 aromatic rings. The Balaban J connectivity index is 2.20. The second-order valence-electron chi connectivity index (χ2n) is 3.66. The van der Waals surface area contributed by atoms with Crippen molar-refractivity contribution in [3.8, 4) is 0 Å². The van der Waals surface area contributed by atoms with E-state index in [2.05, 4.69) is 21.8 Å². The molecule has 0 bridgehead atoms. The third-order valence-electron chi connectivity index (χ3n) is 2.49. The number of nitrogens with zero attached hydrogens (tertiary/aromatic N) is 3. The van der Waals surface area contributed by atoms with Crippen molar-refractivity contribution < 1.29 is 4.74 Å². The molecule has 1 atom stereocenters. The normalized spacial score (nSPS) is 21.7. The summed E-state index contributed by atoms with van der Waals surface area (Å²) in [6.45, 7) is 4.93. The first-order valence-corrected chi connectivity index (χ1v) is 5.17. The van der Waals surface area contributed by atoms with Crippen LogP contribution in [-0.4, -0.2) is 35.8 Å². The fourth-order valence-electron chi connectivity index (χ4n) is 1.78. The van der Waals surface area contributed by atoms with Gasteiger partial charge in [-0.3, -0.25) is 4.98 Å². The van der Waals surface area contributed by atoms with E-state index in [0.717, 1.165) is 31.2 Å². The predicted molar refractivity (Wildman–Crippen MR) is 57.6 cm³/mol. The Morgan fingerprint density at radius 3 is 3.07 bits per heavy atom. The first-order valence-electron chi connectivity index (χ1n) is 5.17. The zero-order valence-electron chi connectivity index (χ0n) is 8.89. The first-order chi connectivity index (χ1) is 7.31. The lowest BCUT2D eigenvalue weighted by Crippen LogP contribution is -2.42. The molecule has 82 valence electrons. The van der Waals surface area contributed by atoms with Gasteiger partial charge in [0, 0.05) is 32.0 Å². The van der Waals surface area contributed by atoms with Crippen LogP contribution in [0.2, 0.25) is 0 Å². The van der Waals surface area contributed by atoms with Crippen molar-refractivity contribution >= 4 is 5.82 Å². The predicted octanol–water partition coefficient (Wildman–Crippen LogP) is 0.160. The Kier molecular flexibility index (Phi) is 3.13. The van der Waals surface area contributed by atoms with E-state index in [4.69, 9.17) is 10.5 Å². The molecule has 0 aromatic carbocycles. The SMILES string of the molecule is CC1CN(c2nccnc2CN)CCO1. The monoisotopic (exact) mass is 208 g/mol. The molecule has 15 heavy (non-hydrogen) atoms. The third kappa shape index (κ3) is 2.24. The Morgan fingerprint density at radius 2 is 2.33 bits per heavy atom. The van der Waals surface area contributed by atoms with Gasteiger partial charge in [-0.05, 0) is 6.92 Å². The van der Waals surface area contributed by atoms with Crippen LogP contribution in [0.3, 0.4) is 0 Å². The summed E-state index contributed by atoms with van der Waals surface area (Å²) in [4.78, 5) is 10.7. The number of aromatic nitrogens is 2. The number of hydrogen-bond donors (Lipinski definition) is 1. The summed E-state index contributed by atoms with van der Waals surface area (Å²) in [5, 5.41) is 0. The largest absolute Gasteiger partial charge is 0.375 e. The average molecular weight is 208 g/mol. The van der Waals surface area contributed by atoms with Crippen LogP contribution < -0.4 is 10.6 Å². The molecule has 0 spiro atoms. The summed E-state index contributed by atoms with van der Waals surface area (Å²) in [6.07, 6.45) is 3.62. The van der Waals surface area contributed by atoms with Crippen LogP contribution in [0, 0.1) is 0 Å². The molecule has 0 amide bonds. The van der Waals surface area contributed by atoms with Crippen LogP contribution in [0.4, 0.5) is 5.82 Å². The molecule has 1 aliphatic rings. The summed E-state index contributed by atoms with van der Waals surface area (Å²) < 4.78 is 5.48. The topological polar surface area (TPSA) is 64.3 Å². The van der Waals surface area contributed by atoms with E-state index in [0.29, 0.717) is 6.54 Å². The van der Waals surface area contributed by atoms with Gasteiger partial charge in [-0.1, -0.05) is 0 Å². The quantitative estimate of drug-likeness (QED) is 0.750. The molecular weight excluding hydrogens is 192 g/mol. The van der Waals surface area contributed by atoms with E-state index in [1.807, 2.05) is 0 Å². The van der Waals surface area contributed by atoms with Crippen LogP contribution in [0.1, 0.15) is 12.6 Å². The van der Waals surface area contributed by atoms with Gasteiger partial charge in [0.2, 0.25) is 0 Å². The third-order valence-corrected chi connectivity index (χ3v) is 2.49. The molecular formula is C10H16N4O. The highest BCUT2D eigenvalue weighted by molar-refractivity contribution is 5.43. The van der Waals surface area contributed by atoms with Gasteiger partial charge in [0.05, 0.1) is 18.4 Å². The lowest BCUT2D eigenvalue weighted by molar-refractivity contribution is 0.0528. The summed E-state index contributed by atoms with van der Waals surface area (Å²) >= 11 is 0. The highest BCUT2D eigenvalue weighted by atomic mass is 16.5. The van der Waals surface area contributed by atoms with Crippen molar-refractivity contribution in [2.24, 2.45) is 5.73 Å². The van der Waals surface area contributed by atoms with Crippen LogP contribution in [-0.2, 0) is 11.3 Å². The fraction of sp³-hybridized carbons (Fsp3) is 0.600. The lowest BCUT2D eigenvalue weighted by atomic mass is 10.2. The number of anilines is 1. The maximum absolute atomic E-state index is 5.63. The Morgan fingerprint density at radius 1 is 1.53 bits per heavy atom. The highest BCUT2D eigenvalue weighted by Gasteiger charge is 2.20. The van der Waals surface area contributed by atoms with Crippen LogP contribution in [0.15, 0.2) is 12.4 Å². The summed E-state index contributed by atoms with van der Waals surface area (Å²) in [5.41, 5.74) is 6.48. The summed E-state index contributed by atoms with van der Waals surface area (Å²) in [5.74, 6) is 0.898. The molecule has 2 rings (SSSR count). The molecule has 1 fully saturated rings. The van der Waals surface area contributed by atoms with Crippen LogP contribution >= 0.6 is 0 Å². The molecule has 1 aliphatic heterocycles. The maximum atomic E-state index is 5.63. The number of nitrogens with two attached hydrogens (primary N) is 1. The van der Waals surface area contributed by atoms with Gasteiger partial charge < -0.3 is 15.4 Å². The van der Waals surface area contributed by atoms with Crippen molar-refractivity contribution in [2.75, 3.05) is 24.6 Å². The van der Waals surface area contributed by atoms with Crippen LogP contribution in [0.25, 0.3) is 0 Å². The number of morpholine rings is 1. The zero-order chi connectivity index (χ0) is 10.7.